The molecule has 1 heterocycles. The second kappa shape index (κ2) is 5.09. The van der Waals surface area contributed by atoms with Crippen molar-refractivity contribution < 1.29 is 14.3 Å². The molecular weight excluding hydrogens is 198 g/mol. The highest BCUT2D eigenvalue weighted by Gasteiger charge is 2.31. The van der Waals surface area contributed by atoms with Crippen molar-refractivity contribution in [3.63, 3.8) is 0 Å². The zero-order valence-electron chi connectivity index (χ0n) is 9.03. The molecule has 0 spiro atoms. The lowest BCUT2D eigenvalue weighted by molar-refractivity contribution is -0.136. The zero-order chi connectivity index (χ0) is 11.4. The van der Waals surface area contributed by atoms with Crippen LogP contribution in [0.2, 0.25) is 0 Å². The van der Waals surface area contributed by atoms with E-state index in [1.54, 1.807) is 11.9 Å². The van der Waals surface area contributed by atoms with Gasteiger partial charge in [-0.25, -0.2) is 0 Å². The third-order valence-corrected chi connectivity index (χ3v) is 2.54. The van der Waals surface area contributed by atoms with Crippen molar-refractivity contribution in [2.24, 2.45) is 5.73 Å². The van der Waals surface area contributed by atoms with Crippen LogP contribution in [0.3, 0.4) is 0 Å². The molecule has 2 atom stereocenters. The summed E-state index contributed by atoms with van der Waals surface area (Å²) in [6.45, 7) is 0.781. The molecule has 0 saturated carbocycles. The Balaban J connectivity index is 2.48. The molecule has 1 aliphatic heterocycles. The molecule has 6 heteroatoms. The molecular formula is C9H17N3O3. The van der Waals surface area contributed by atoms with Crippen molar-refractivity contribution >= 4 is 11.8 Å². The molecule has 0 aliphatic carbocycles. The van der Waals surface area contributed by atoms with Gasteiger partial charge in [-0.15, -0.1) is 0 Å². The summed E-state index contributed by atoms with van der Waals surface area (Å²) in [6, 6.07) is -0.424. The van der Waals surface area contributed by atoms with Gasteiger partial charge in [-0.05, 0) is 6.42 Å². The molecule has 86 valence electrons. The predicted molar refractivity (Wildman–Crippen MR) is 54.0 cm³/mol. The maximum absolute atomic E-state index is 11.5. The van der Waals surface area contributed by atoms with Gasteiger partial charge in [0, 0.05) is 27.2 Å². The number of hydrogen-bond donors (Lipinski definition) is 2. The van der Waals surface area contributed by atoms with E-state index < -0.39 is 12.1 Å². The van der Waals surface area contributed by atoms with Gasteiger partial charge in [0.25, 0.3) is 5.91 Å². The number of rotatable bonds is 4. The molecule has 0 bridgehead atoms. The van der Waals surface area contributed by atoms with E-state index in [1.807, 2.05) is 0 Å². The summed E-state index contributed by atoms with van der Waals surface area (Å²) < 4.78 is 4.87. The molecule has 2 unspecified atom stereocenters. The first-order valence-corrected chi connectivity index (χ1v) is 4.88. The van der Waals surface area contributed by atoms with Crippen LogP contribution in [-0.2, 0) is 14.3 Å². The van der Waals surface area contributed by atoms with Gasteiger partial charge in [0.05, 0.1) is 0 Å². The molecule has 2 amide bonds. The van der Waals surface area contributed by atoms with Crippen molar-refractivity contribution in [2.45, 2.75) is 18.6 Å². The van der Waals surface area contributed by atoms with Gasteiger partial charge in [-0.3, -0.25) is 9.59 Å². The summed E-state index contributed by atoms with van der Waals surface area (Å²) in [5.41, 5.74) is 5.34. The van der Waals surface area contributed by atoms with Crippen molar-refractivity contribution in [3.8, 4) is 0 Å². The average Bonchev–Trinajstić information content (AvgIpc) is 2.52. The van der Waals surface area contributed by atoms with Crippen LogP contribution in [0.25, 0.3) is 0 Å². The highest BCUT2D eigenvalue weighted by Crippen LogP contribution is 2.08. The normalized spacial score (nSPS) is 23.0. The van der Waals surface area contributed by atoms with Gasteiger partial charge in [0.1, 0.15) is 12.1 Å². The summed E-state index contributed by atoms with van der Waals surface area (Å²) in [6.07, 6.45) is -0.0362. The molecule has 1 fully saturated rings. The first-order valence-electron chi connectivity index (χ1n) is 4.88. The summed E-state index contributed by atoms with van der Waals surface area (Å²) in [4.78, 5) is 24.6. The fraction of sp³-hybridized carbons (Fsp3) is 0.778. The van der Waals surface area contributed by atoms with Crippen LogP contribution >= 0.6 is 0 Å². The van der Waals surface area contributed by atoms with E-state index in [0.29, 0.717) is 13.0 Å². The summed E-state index contributed by atoms with van der Waals surface area (Å²) in [7, 11) is 3.13. The van der Waals surface area contributed by atoms with Crippen LogP contribution in [0.15, 0.2) is 0 Å². The molecule has 15 heavy (non-hydrogen) atoms. The van der Waals surface area contributed by atoms with Gasteiger partial charge in [0.2, 0.25) is 5.91 Å². The number of ether oxygens (including phenoxy) is 1. The van der Waals surface area contributed by atoms with Crippen molar-refractivity contribution in [1.29, 1.82) is 0 Å². The van der Waals surface area contributed by atoms with Crippen LogP contribution in [0.4, 0.5) is 0 Å². The third kappa shape index (κ3) is 2.66. The Morgan fingerprint density at radius 3 is 2.87 bits per heavy atom. The molecule has 0 aromatic heterocycles. The number of amides is 2. The molecule has 0 aromatic rings. The number of nitrogens with two attached hydrogens (primary N) is 1. The van der Waals surface area contributed by atoms with Crippen molar-refractivity contribution in [2.75, 3.05) is 27.2 Å². The smallest absolute Gasteiger partial charge is 0.251 e. The predicted octanol–water partition coefficient (Wildman–Crippen LogP) is -1.69. The zero-order valence-corrected chi connectivity index (χ0v) is 9.03. The van der Waals surface area contributed by atoms with Crippen LogP contribution < -0.4 is 11.1 Å². The lowest BCUT2D eigenvalue weighted by Gasteiger charge is -2.16. The van der Waals surface area contributed by atoms with E-state index in [-0.39, 0.29) is 18.4 Å². The number of likely N-dealkylation sites (N-methyl/N-ethyl adjacent to an activating group) is 1. The minimum atomic E-state index is -0.677. The standard InChI is InChI=1S/C9H17N3O3/c1-12-4-3-6(9(12)14)11-8(13)7(5-10)15-2/h6-7H,3-5,10H2,1-2H3,(H,11,13). The second-order valence-corrected chi connectivity index (χ2v) is 3.57. The van der Waals surface area contributed by atoms with E-state index in [2.05, 4.69) is 5.32 Å². The maximum Gasteiger partial charge on any atom is 0.251 e. The quantitative estimate of drug-likeness (QED) is 0.586. The number of methoxy groups -OCH3 is 1. The van der Waals surface area contributed by atoms with E-state index in [0.717, 1.165) is 0 Å². The van der Waals surface area contributed by atoms with Gasteiger partial charge >= 0.3 is 0 Å². The topological polar surface area (TPSA) is 84.7 Å². The molecule has 3 N–H and O–H groups in total. The van der Waals surface area contributed by atoms with Gasteiger partial charge in [-0.2, -0.15) is 0 Å². The number of likely N-dealkylation sites (tertiary alicyclic amines) is 1. The van der Waals surface area contributed by atoms with E-state index in [1.165, 1.54) is 7.11 Å². The molecule has 1 rings (SSSR count). The molecule has 0 radical (unpaired) electrons. The Morgan fingerprint density at radius 1 is 1.80 bits per heavy atom. The van der Waals surface area contributed by atoms with E-state index in [4.69, 9.17) is 10.5 Å². The van der Waals surface area contributed by atoms with E-state index in [9.17, 15) is 9.59 Å². The monoisotopic (exact) mass is 215 g/mol. The maximum atomic E-state index is 11.5. The molecule has 1 saturated heterocycles. The summed E-state index contributed by atoms with van der Waals surface area (Å²) in [5, 5.41) is 2.63. The minimum Gasteiger partial charge on any atom is -0.370 e. The van der Waals surface area contributed by atoms with Gasteiger partial charge in [-0.1, -0.05) is 0 Å². The van der Waals surface area contributed by atoms with Crippen LogP contribution in [-0.4, -0.2) is 56.1 Å². The van der Waals surface area contributed by atoms with Gasteiger partial charge < -0.3 is 20.7 Å². The number of nitrogens with zero attached hydrogens (tertiary/aromatic N) is 1. The number of carbonyl (C=O) groups is 2. The second-order valence-electron chi connectivity index (χ2n) is 3.57. The van der Waals surface area contributed by atoms with Crippen LogP contribution in [0.1, 0.15) is 6.42 Å². The van der Waals surface area contributed by atoms with Gasteiger partial charge in [0.15, 0.2) is 0 Å². The highest BCUT2D eigenvalue weighted by atomic mass is 16.5. The Labute approximate surface area is 88.7 Å². The lowest BCUT2D eigenvalue weighted by atomic mass is 10.2. The molecule has 6 nitrogen and oxygen atoms in total. The lowest BCUT2D eigenvalue weighted by Crippen LogP contribution is -2.47. The van der Waals surface area contributed by atoms with Crippen molar-refractivity contribution in [3.05, 3.63) is 0 Å². The Kier molecular flexibility index (Phi) is 4.05. The Bertz CT molecular complexity index is 253. The Morgan fingerprint density at radius 2 is 2.47 bits per heavy atom. The SMILES string of the molecule is COC(CN)C(=O)NC1CCN(C)C1=O. The average molecular weight is 215 g/mol. The fourth-order valence-electron chi connectivity index (χ4n) is 1.53. The van der Waals surface area contributed by atoms with Crippen LogP contribution in [0, 0.1) is 0 Å². The first-order chi connectivity index (χ1) is 7.10. The fourth-order valence-corrected chi connectivity index (χ4v) is 1.53. The van der Waals surface area contributed by atoms with Crippen LogP contribution in [0.5, 0.6) is 0 Å². The number of carbonyl (C=O) groups excluding carboxylic acids is 2. The van der Waals surface area contributed by atoms with E-state index >= 15 is 0 Å². The third-order valence-electron chi connectivity index (χ3n) is 2.54. The largest absolute Gasteiger partial charge is 0.370 e. The van der Waals surface area contributed by atoms with Crippen molar-refractivity contribution in [1.82, 2.24) is 10.2 Å². The summed E-state index contributed by atoms with van der Waals surface area (Å²) >= 11 is 0. The highest BCUT2D eigenvalue weighted by molar-refractivity contribution is 5.90. The summed E-state index contributed by atoms with van der Waals surface area (Å²) in [5.74, 6) is -0.385. The number of nitrogens with one attached hydrogen (secondary N) is 1. The molecule has 1 aliphatic rings. The first kappa shape index (κ1) is 11.9. The number of hydrogen-bond acceptors (Lipinski definition) is 4. The Hall–Kier alpha value is -1.14. The minimum absolute atomic E-state index is 0.0600. The molecule has 0 aromatic carbocycles.